The molecule has 2 heterocycles. The monoisotopic (exact) mass is 253 g/mol. The van der Waals surface area contributed by atoms with Crippen molar-refractivity contribution in [2.75, 3.05) is 0 Å². The number of aromatic nitrogens is 1. The molecular formula is C11H11NO2S2. The first-order chi connectivity index (χ1) is 7.58. The highest BCUT2D eigenvalue weighted by atomic mass is 32.1. The number of carbonyl (C=O) groups is 1. The van der Waals surface area contributed by atoms with Crippen LogP contribution in [0.1, 0.15) is 16.1 Å². The maximum atomic E-state index is 10.7. The summed E-state index contributed by atoms with van der Waals surface area (Å²) in [5.41, 5.74) is 3.14. The molecule has 0 aromatic carbocycles. The van der Waals surface area contributed by atoms with Gasteiger partial charge in [0.25, 0.3) is 0 Å². The SMILES string of the molecule is Cc1cscc1-c1nc(C)c(CC(=O)O)s1. The van der Waals surface area contributed by atoms with E-state index in [1.54, 1.807) is 11.3 Å². The summed E-state index contributed by atoms with van der Waals surface area (Å²) in [6.45, 7) is 3.90. The summed E-state index contributed by atoms with van der Waals surface area (Å²) >= 11 is 3.11. The van der Waals surface area contributed by atoms with Gasteiger partial charge in [0.1, 0.15) is 5.01 Å². The molecule has 0 saturated carbocycles. The molecule has 0 aliphatic rings. The van der Waals surface area contributed by atoms with Crippen molar-refractivity contribution in [1.29, 1.82) is 0 Å². The molecule has 2 aromatic heterocycles. The molecule has 16 heavy (non-hydrogen) atoms. The Balaban J connectivity index is 2.38. The highest BCUT2D eigenvalue weighted by Crippen LogP contribution is 2.32. The van der Waals surface area contributed by atoms with Crippen LogP contribution in [0.5, 0.6) is 0 Å². The summed E-state index contributed by atoms with van der Waals surface area (Å²) in [5, 5.41) is 13.8. The van der Waals surface area contributed by atoms with Crippen molar-refractivity contribution in [3.05, 3.63) is 26.9 Å². The Bertz CT molecular complexity index is 528. The number of aryl methyl sites for hydroxylation is 2. The van der Waals surface area contributed by atoms with Gasteiger partial charge in [-0.1, -0.05) is 0 Å². The van der Waals surface area contributed by atoms with Crippen LogP contribution in [-0.2, 0) is 11.2 Å². The number of thiazole rings is 1. The van der Waals surface area contributed by atoms with Crippen molar-refractivity contribution in [3.8, 4) is 10.6 Å². The van der Waals surface area contributed by atoms with Crippen molar-refractivity contribution in [2.24, 2.45) is 0 Å². The number of rotatable bonds is 3. The van der Waals surface area contributed by atoms with Crippen molar-refractivity contribution >= 4 is 28.6 Å². The van der Waals surface area contributed by atoms with Gasteiger partial charge in [-0.15, -0.1) is 11.3 Å². The van der Waals surface area contributed by atoms with Crippen LogP contribution in [-0.4, -0.2) is 16.1 Å². The van der Waals surface area contributed by atoms with E-state index in [-0.39, 0.29) is 6.42 Å². The second-order valence-electron chi connectivity index (χ2n) is 3.57. The van der Waals surface area contributed by atoms with Gasteiger partial charge in [0, 0.05) is 15.8 Å². The zero-order valence-electron chi connectivity index (χ0n) is 8.98. The maximum absolute atomic E-state index is 10.7. The third kappa shape index (κ3) is 2.15. The van der Waals surface area contributed by atoms with Gasteiger partial charge >= 0.3 is 5.97 Å². The van der Waals surface area contributed by atoms with Crippen LogP contribution in [0.4, 0.5) is 0 Å². The molecule has 2 rings (SSSR count). The van der Waals surface area contributed by atoms with E-state index in [0.29, 0.717) is 0 Å². The van der Waals surface area contributed by atoms with Crippen LogP contribution in [0.15, 0.2) is 10.8 Å². The number of hydrogen-bond donors (Lipinski definition) is 1. The standard InChI is InChI=1S/C11H11NO2S2/c1-6-4-15-5-8(6)11-12-7(2)9(16-11)3-10(13)14/h4-5H,3H2,1-2H3,(H,13,14). The van der Waals surface area contributed by atoms with E-state index >= 15 is 0 Å². The predicted octanol–water partition coefficient (Wildman–Crippen LogP) is 3.12. The van der Waals surface area contributed by atoms with Crippen molar-refractivity contribution in [2.45, 2.75) is 20.3 Å². The first-order valence-electron chi connectivity index (χ1n) is 4.79. The Hall–Kier alpha value is -1.20. The Kier molecular flexibility index (Phi) is 3.07. The number of aliphatic carboxylic acids is 1. The van der Waals surface area contributed by atoms with Crippen LogP contribution in [0.3, 0.4) is 0 Å². The second kappa shape index (κ2) is 4.35. The highest BCUT2D eigenvalue weighted by Gasteiger charge is 2.13. The summed E-state index contributed by atoms with van der Waals surface area (Å²) in [6, 6.07) is 0. The van der Waals surface area contributed by atoms with E-state index < -0.39 is 5.97 Å². The molecular weight excluding hydrogens is 242 g/mol. The summed E-state index contributed by atoms with van der Waals surface area (Å²) in [7, 11) is 0. The predicted molar refractivity (Wildman–Crippen MR) is 66.2 cm³/mol. The van der Waals surface area contributed by atoms with Crippen LogP contribution in [0, 0.1) is 13.8 Å². The molecule has 5 heteroatoms. The maximum Gasteiger partial charge on any atom is 0.308 e. The third-order valence-electron chi connectivity index (χ3n) is 2.29. The number of carboxylic acids is 1. The highest BCUT2D eigenvalue weighted by molar-refractivity contribution is 7.15. The number of hydrogen-bond acceptors (Lipinski definition) is 4. The minimum atomic E-state index is -0.805. The lowest BCUT2D eigenvalue weighted by Gasteiger charge is -1.91. The lowest BCUT2D eigenvalue weighted by molar-refractivity contribution is -0.136. The fraction of sp³-hybridized carbons (Fsp3) is 0.273. The lowest BCUT2D eigenvalue weighted by atomic mass is 10.2. The van der Waals surface area contributed by atoms with Crippen molar-refractivity contribution in [3.63, 3.8) is 0 Å². The smallest absolute Gasteiger partial charge is 0.308 e. The normalized spacial score (nSPS) is 10.6. The minimum absolute atomic E-state index is 0.0622. The first kappa shape index (κ1) is 11.3. The molecule has 0 saturated heterocycles. The van der Waals surface area contributed by atoms with Gasteiger partial charge in [0.2, 0.25) is 0 Å². The molecule has 0 bridgehead atoms. The van der Waals surface area contributed by atoms with E-state index in [1.807, 2.05) is 13.8 Å². The molecule has 0 radical (unpaired) electrons. The van der Waals surface area contributed by atoms with E-state index in [4.69, 9.17) is 5.11 Å². The van der Waals surface area contributed by atoms with Gasteiger partial charge in [-0.05, 0) is 24.8 Å². The molecule has 1 N–H and O–H groups in total. The Morgan fingerprint density at radius 2 is 2.19 bits per heavy atom. The Labute approximate surface area is 101 Å². The molecule has 0 aliphatic carbocycles. The van der Waals surface area contributed by atoms with Gasteiger partial charge < -0.3 is 5.11 Å². The largest absolute Gasteiger partial charge is 0.481 e. The molecule has 0 aliphatic heterocycles. The molecule has 0 fully saturated rings. The summed E-state index contributed by atoms with van der Waals surface area (Å²) < 4.78 is 0. The Morgan fingerprint density at radius 3 is 2.75 bits per heavy atom. The van der Waals surface area contributed by atoms with Crippen molar-refractivity contribution < 1.29 is 9.90 Å². The second-order valence-corrected chi connectivity index (χ2v) is 5.39. The number of thiophene rings is 1. The van der Waals surface area contributed by atoms with Gasteiger partial charge in [-0.2, -0.15) is 11.3 Å². The molecule has 0 spiro atoms. The van der Waals surface area contributed by atoms with E-state index in [2.05, 4.69) is 15.7 Å². The fourth-order valence-electron chi connectivity index (χ4n) is 1.42. The van der Waals surface area contributed by atoms with E-state index in [0.717, 1.165) is 21.1 Å². The lowest BCUT2D eigenvalue weighted by Crippen LogP contribution is -1.99. The summed E-state index contributed by atoms with van der Waals surface area (Å²) in [5.74, 6) is -0.805. The summed E-state index contributed by atoms with van der Waals surface area (Å²) in [6.07, 6.45) is 0.0622. The van der Waals surface area contributed by atoms with Crippen molar-refractivity contribution in [1.82, 2.24) is 4.98 Å². The van der Waals surface area contributed by atoms with Gasteiger partial charge in [-0.25, -0.2) is 4.98 Å². The first-order valence-corrected chi connectivity index (χ1v) is 6.55. The van der Waals surface area contributed by atoms with E-state index in [9.17, 15) is 4.79 Å². The third-order valence-corrected chi connectivity index (χ3v) is 4.34. The zero-order chi connectivity index (χ0) is 11.7. The minimum Gasteiger partial charge on any atom is -0.481 e. The zero-order valence-corrected chi connectivity index (χ0v) is 10.6. The topological polar surface area (TPSA) is 50.2 Å². The molecule has 0 amide bonds. The van der Waals surface area contributed by atoms with Gasteiger partial charge in [-0.3, -0.25) is 4.79 Å². The molecule has 84 valence electrons. The van der Waals surface area contributed by atoms with Gasteiger partial charge in [0.05, 0.1) is 12.1 Å². The van der Waals surface area contributed by atoms with Crippen LogP contribution in [0.2, 0.25) is 0 Å². The van der Waals surface area contributed by atoms with Crippen LogP contribution >= 0.6 is 22.7 Å². The molecule has 2 aromatic rings. The van der Waals surface area contributed by atoms with Crippen LogP contribution < -0.4 is 0 Å². The average Bonchev–Trinajstić information content (AvgIpc) is 2.73. The molecule has 0 atom stereocenters. The van der Waals surface area contributed by atoms with Crippen LogP contribution in [0.25, 0.3) is 10.6 Å². The number of nitrogens with zero attached hydrogens (tertiary/aromatic N) is 1. The van der Waals surface area contributed by atoms with Gasteiger partial charge in [0.15, 0.2) is 0 Å². The Morgan fingerprint density at radius 1 is 1.44 bits per heavy atom. The molecule has 0 unspecified atom stereocenters. The fourth-order valence-corrected chi connectivity index (χ4v) is 3.47. The molecule has 3 nitrogen and oxygen atoms in total. The quantitative estimate of drug-likeness (QED) is 0.914. The summed E-state index contributed by atoms with van der Waals surface area (Å²) in [4.78, 5) is 15.9. The van der Waals surface area contributed by atoms with E-state index in [1.165, 1.54) is 16.9 Å². The average molecular weight is 253 g/mol. The number of carboxylic acid groups (broad SMARTS) is 1.